The van der Waals surface area contributed by atoms with E-state index in [1.807, 2.05) is 6.07 Å². The molecule has 3 heteroatoms. The summed E-state index contributed by atoms with van der Waals surface area (Å²) >= 11 is 0. The van der Waals surface area contributed by atoms with Gasteiger partial charge in [0.25, 0.3) is 0 Å². The van der Waals surface area contributed by atoms with Crippen molar-refractivity contribution >= 4 is 43.1 Å². The van der Waals surface area contributed by atoms with Gasteiger partial charge in [-0.25, -0.2) is 0 Å². The van der Waals surface area contributed by atoms with Crippen LogP contribution in [0.4, 0.5) is 0 Å². The molecule has 0 spiro atoms. The van der Waals surface area contributed by atoms with Crippen molar-refractivity contribution in [2.75, 3.05) is 0 Å². The van der Waals surface area contributed by atoms with E-state index < -0.39 is 6.17 Å². The van der Waals surface area contributed by atoms with E-state index in [1.165, 1.54) is 70.9 Å². The van der Waals surface area contributed by atoms with Crippen LogP contribution in [-0.2, 0) is 6.54 Å². The first-order valence-corrected chi connectivity index (χ1v) is 22.2. The van der Waals surface area contributed by atoms with Crippen LogP contribution in [0.1, 0.15) is 29.0 Å². The van der Waals surface area contributed by atoms with Crippen molar-refractivity contribution in [2.45, 2.75) is 18.9 Å². The van der Waals surface area contributed by atoms with Gasteiger partial charge in [-0.1, -0.05) is 237 Å². The Hall–Kier alpha value is -7.66. The fourth-order valence-corrected chi connectivity index (χ4v) is 9.80. The van der Waals surface area contributed by atoms with Crippen molar-refractivity contribution in [1.82, 2.24) is 10.6 Å². The highest BCUT2D eigenvalue weighted by Gasteiger charge is 2.23. The average molecular weight is 822 g/mol. The van der Waals surface area contributed by atoms with Gasteiger partial charge in [0.15, 0.2) is 0 Å². The van der Waals surface area contributed by atoms with E-state index in [0.29, 0.717) is 6.54 Å². The third-order valence-electron chi connectivity index (χ3n) is 12.8. The molecule has 2 unspecified atom stereocenters. The Morgan fingerprint density at radius 3 is 1.53 bits per heavy atom. The molecule has 4 N–H and O–H groups in total. The summed E-state index contributed by atoms with van der Waals surface area (Å²) in [6.07, 6.45) is -0.715. The molecule has 0 amide bonds. The first-order valence-electron chi connectivity index (χ1n) is 22.2. The highest BCUT2D eigenvalue weighted by molar-refractivity contribution is 6.29. The predicted octanol–water partition coefficient (Wildman–Crippen LogP) is 15.0. The second kappa shape index (κ2) is 17.2. The van der Waals surface area contributed by atoms with Gasteiger partial charge in [0, 0.05) is 6.54 Å². The molecule has 0 aliphatic carbocycles. The summed E-state index contributed by atoms with van der Waals surface area (Å²) < 4.78 is 0. The van der Waals surface area contributed by atoms with Crippen LogP contribution in [0, 0.1) is 0 Å². The van der Waals surface area contributed by atoms with Gasteiger partial charge < -0.3 is 5.73 Å². The average Bonchev–Trinajstić information content (AvgIpc) is 3.37. The Morgan fingerprint density at radius 1 is 0.344 bits per heavy atom. The summed E-state index contributed by atoms with van der Waals surface area (Å²) in [4.78, 5) is 0. The van der Waals surface area contributed by atoms with E-state index >= 15 is 0 Å². The van der Waals surface area contributed by atoms with Crippen molar-refractivity contribution in [1.29, 1.82) is 0 Å². The second-order valence-corrected chi connectivity index (χ2v) is 16.6. The Labute approximate surface area is 374 Å². The van der Waals surface area contributed by atoms with Crippen LogP contribution in [0.2, 0.25) is 0 Å². The van der Waals surface area contributed by atoms with E-state index in [1.54, 1.807) is 0 Å². The van der Waals surface area contributed by atoms with E-state index in [-0.39, 0.29) is 6.17 Å². The van der Waals surface area contributed by atoms with Crippen LogP contribution >= 0.6 is 0 Å². The van der Waals surface area contributed by atoms with E-state index in [9.17, 15) is 0 Å². The molecule has 0 fully saturated rings. The molecule has 11 aromatic carbocycles. The van der Waals surface area contributed by atoms with Crippen LogP contribution in [0.5, 0.6) is 0 Å². The number of nitrogens with two attached hydrogens (primary N) is 1. The number of fused-ring (bicyclic) bond motifs is 5. The number of hydrogen-bond donors (Lipinski definition) is 3. The standard InChI is InChI=1S/C61H47N3/c62-60(54-31-15-11-26-48(54)42-18-3-1-4-19-42)64-61(55-32-16-12-27-49(55)43-20-5-2-6-21-43)63-40-41-34-36-46(37-35-41)57-52-29-13-14-30-53(52)59(51-33-17-24-44-22-7-9-25-47(44)51)58-50-28-10-8-23-45(50)38-39-56(57)58/h1-39,60-61,63-64H,40,62H2. The lowest BCUT2D eigenvalue weighted by molar-refractivity contribution is 0.387. The Balaban J connectivity index is 0.987. The zero-order valence-corrected chi connectivity index (χ0v) is 35.5. The van der Waals surface area contributed by atoms with Gasteiger partial charge >= 0.3 is 0 Å². The van der Waals surface area contributed by atoms with Gasteiger partial charge in [-0.15, -0.1) is 0 Å². The first kappa shape index (κ1) is 39.2. The minimum Gasteiger partial charge on any atom is -0.312 e. The number of benzene rings is 11. The smallest absolute Gasteiger partial charge is 0.0858 e. The van der Waals surface area contributed by atoms with Crippen LogP contribution in [0.3, 0.4) is 0 Å². The summed E-state index contributed by atoms with van der Waals surface area (Å²) in [7, 11) is 0. The molecule has 64 heavy (non-hydrogen) atoms. The Kier molecular flexibility index (Phi) is 10.6. The lowest BCUT2D eigenvalue weighted by atomic mass is 9.83. The molecule has 0 aliphatic rings. The summed E-state index contributed by atoms with van der Waals surface area (Å²) in [6.45, 7) is 0.625. The monoisotopic (exact) mass is 821 g/mol. The number of rotatable bonds is 11. The van der Waals surface area contributed by atoms with Gasteiger partial charge in [0.1, 0.15) is 0 Å². The molecule has 306 valence electrons. The largest absolute Gasteiger partial charge is 0.312 e. The fraction of sp³-hybridized carbons (Fsp3) is 0.0492. The lowest BCUT2D eigenvalue weighted by Gasteiger charge is -2.28. The normalized spacial score (nSPS) is 12.5. The zero-order chi connectivity index (χ0) is 42.8. The van der Waals surface area contributed by atoms with Crippen molar-refractivity contribution in [3.05, 3.63) is 253 Å². The summed E-state index contributed by atoms with van der Waals surface area (Å²) in [5, 5.41) is 17.8. The van der Waals surface area contributed by atoms with Crippen molar-refractivity contribution in [3.63, 3.8) is 0 Å². The fourth-order valence-electron chi connectivity index (χ4n) is 9.80. The first-order chi connectivity index (χ1) is 31.7. The summed E-state index contributed by atoms with van der Waals surface area (Å²) in [5.74, 6) is 0. The topological polar surface area (TPSA) is 50.1 Å². The molecule has 0 heterocycles. The second-order valence-electron chi connectivity index (χ2n) is 16.6. The molecule has 3 nitrogen and oxygen atoms in total. The molecular formula is C61H47N3. The van der Waals surface area contributed by atoms with E-state index in [2.05, 4.69) is 241 Å². The van der Waals surface area contributed by atoms with Gasteiger partial charge in [0.05, 0.1) is 12.3 Å². The molecule has 0 saturated carbocycles. The van der Waals surface area contributed by atoms with E-state index in [0.717, 1.165) is 33.4 Å². The van der Waals surface area contributed by atoms with Crippen LogP contribution < -0.4 is 16.4 Å². The Bertz CT molecular complexity index is 3430. The van der Waals surface area contributed by atoms with Gasteiger partial charge in [-0.2, -0.15) is 0 Å². The maximum Gasteiger partial charge on any atom is 0.0858 e. The predicted molar refractivity (Wildman–Crippen MR) is 271 cm³/mol. The summed E-state index contributed by atoms with van der Waals surface area (Å²) in [6, 6.07) is 85.1. The molecule has 2 atom stereocenters. The highest BCUT2D eigenvalue weighted by Crippen LogP contribution is 2.47. The zero-order valence-electron chi connectivity index (χ0n) is 35.5. The van der Waals surface area contributed by atoms with Crippen LogP contribution in [-0.4, -0.2) is 0 Å². The molecule has 11 rings (SSSR count). The number of hydrogen-bond acceptors (Lipinski definition) is 3. The lowest BCUT2D eigenvalue weighted by Crippen LogP contribution is -2.40. The molecule has 0 aliphatic heterocycles. The van der Waals surface area contributed by atoms with Gasteiger partial charge in [-0.3, -0.25) is 10.6 Å². The SMILES string of the molecule is NC(NC(NCc1ccc(-c2c3ccccc3c(-c3cccc4ccccc34)c3c2ccc2ccccc23)cc1)c1ccccc1-c1ccccc1)c1ccccc1-c1ccccc1. The molecule has 0 saturated heterocycles. The number of nitrogens with one attached hydrogen (secondary N) is 2. The van der Waals surface area contributed by atoms with Crippen molar-refractivity contribution in [3.8, 4) is 44.5 Å². The maximum atomic E-state index is 7.16. The van der Waals surface area contributed by atoms with Crippen LogP contribution in [0.15, 0.2) is 237 Å². The highest BCUT2D eigenvalue weighted by atomic mass is 15.2. The van der Waals surface area contributed by atoms with Gasteiger partial charge in [0.2, 0.25) is 0 Å². The third kappa shape index (κ3) is 7.32. The Morgan fingerprint density at radius 2 is 0.844 bits per heavy atom. The van der Waals surface area contributed by atoms with E-state index in [4.69, 9.17) is 5.73 Å². The quantitative estimate of drug-likeness (QED) is 0.0692. The third-order valence-corrected chi connectivity index (χ3v) is 12.8. The minimum absolute atomic E-state index is 0.266. The molecule has 0 bridgehead atoms. The molecule has 0 aromatic heterocycles. The van der Waals surface area contributed by atoms with Crippen LogP contribution in [0.25, 0.3) is 87.6 Å². The van der Waals surface area contributed by atoms with Gasteiger partial charge in [-0.05, 0) is 104 Å². The summed E-state index contributed by atoms with van der Waals surface area (Å²) in [5.41, 5.74) is 20.1. The minimum atomic E-state index is -0.449. The maximum absolute atomic E-state index is 7.16. The molecule has 0 radical (unpaired) electrons. The van der Waals surface area contributed by atoms with Crippen molar-refractivity contribution in [2.24, 2.45) is 5.73 Å². The van der Waals surface area contributed by atoms with Crippen molar-refractivity contribution < 1.29 is 0 Å². The molecule has 11 aromatic rings. The molecular weight excluding hydrogens is 775 g/mol.